The van der Waals surface area contributed by atoms with Crippen molar-refractivity contribution in [2.75, 3.05) is 12.4 Å². The van der Waals surface area contributed by atoms with Crippen LogP contribution in [0.1, 0.15) is 44.9 Å². The van der Waals surface area contributed by atoms with Crippen molar-refractivity contribution in [1.29, 1.82) is 0 Å². The van der Waals surface area contributed by atoms with E-state index in [9.17, 15) is 18.4 Å². The fourth-order valence-electron chi connectivity index (χ4n) is 3.54. The van der Waals surface area contributed by atoms with Gasteiger partial charge in [-0.3, -0.25) is 14.3 Å². The highest BCUT2D eigenvalue weighted by molar-refractivity contribution is 7.21. The Morgan fingerprint density at radius 2 is 2.03 bits per heavy atom. The standard InChI is InChI=1S/C21H21F2N7O3S/c1-4-29-8-12(10(2)27-29)11-7-14(18(22)23)25-21-15(11)16(17(34-21)19(24)31)26-20(32)13-5-6-30(28-13)9-33-3/h5-8,18H,4,9H2,1-3H3,(H2,24,31)(H,26,32). The molecule has 0 aliphatic carbocycles. The molecule has 4 aromatic rings. The van der Waals surface area contributed by atoms with Crippen LogP contribution in [0, 0.1) is 6.92 Å². The van der Waals surface area contributed by atoms with E-state index in [0.717, 1.165) is 11.3 Å². The van der Waals surface area contributed by atoms with Crippen LogP contribution in [0.25, 0.3) is 21.3 Å². The van der Waals surface area contributed by atoms with Crippen LogP contribution in [0.3, 0.4) is 0 Å². The Hall–Kier alpha value is -3.71. The van der Waals surface area contributed by atoms with Gasteiger partial charge in [0.1, 0.15) is 22.1 Å². The molecule has 34 heavy (non-hydrogen) atoms. The number of fused-ring (bicyclic) bond motifs is 1. The van der Waals surface area contributed by atoms with Crippen molar-refractivity contribution in [3.05, 3.63) is 46.5 Å². The lowest BCUT2D eigenvalue weighted by Crippen LogP contribution is -2.17. The van der Waals surface area contributed by atoms with Crippen molar-refractivity contribution in [3.63, 3.8) is 0 Å². The van der Waals surface area contributed by atoms with Crippen molar-refractivity contribution in [3.8, 4) is 11.1 Å². The van der Waals surface area contributed by atoms with Crippen LogP contribution in [0.4, 0.5) is 14.5 Å². The van der Waals surface area contributed by atoms with Gasteiger partial charge in [-0.15, -0.1) is 11.3 Å². The largest absolute Gasteiger partial charge is 0.365 e. The Balaban J connectivity index is 1.92. The molecule has 4 aromatic heterocycles. The number of methoxy groups -OCH3 is 1. The van der Waals surface area contributed by atoms with E-state index < -0.39 is 23.9 Å². The number of thiophene rings is 1. The maximum Gasteiger partial charge on any atom is 0.280 e. The molecule has 0 radical (unpaired) electrons. The van der Waals surface area contributed by atoms with Crippen molar-refractivity contribution < 1.29 is 23.1 Å². The summed E-state index contributed by atoms with van der Waals surface area (Å²) in [6.07, 6.45) is 0.439. The number of pyridine rings is 1. The summed E-state index contributed by atoms with van der Waals surface area (Å²) in [5, 5.41) is 11.5. The third kappa shape index (κ3) is 4.26. The summed E-state index contributed by atoms with van der Waals surface area (Å²) in [5.41, 5.74) is 6.80. The zero-order valence-electron chi connectivity index (χ0n) is 18.5. The van der Waals surface area contributed by atoms with Gasteiger partial charge in [-0.05, 0) is 31.5 Å². The molecule has 4 heterocycles. The van der Waals surface area contributed by atoms with Gasteiger partial charge in [-0.2, -0.15) is 10.2 Å². The first-order chi connectivity index (χ1) is 16.2. The van der Waals surface area contributed by atoms with Crippen molar-refractivity contribution in [2.24, 2.45) is 5.73 Å². The molecule has 0 aromatic carbocycles. The summed E-state index contributed by atoms with van der Waals surface area (Å²) in [6.45, 7) is 4.36. The summed E-state index contributed by atoms with van der Waals surface area (Å²) in [7, 11) is 1.49. The van der Waals surface area contributed by atoms with E-state index in [-0.39, 0.29) is 27.8 Å². The number of primary amides is 1. The van der Waals surface area contributed by atoms with Crippen LogP contribution in [0.15, 0.2) is 24.5 Å². The van der Waals surface area contributed by atoms with Crippen LogP contribution in [0.2, 0.25) is 0 Å². The first-order valence-corrected chi connectivity index (χ1v) is 11.0. The smallest absolute Gasteiger partial charge is 0.280 e. The number of halogens is 2. The van der Waals surface area contributed by atoms with Gasteiger partial charge in [0.25, 0.3) is 18.2 Å². The maximum atomic E-state index is 13.7. The second-order valence-corrected chi connectivity index (χ2v) is 8.34. The molecular weight excluding hydrogens is 468 g/mol. The summed E-state index contributed by atoms with van der Waals surface area (Å²) < 4.78 is 35.4. The highest BCUT2D eigenvalue weighted by atomic mass is 32.1. The number of ether oxygens (including phenoxy) is 1. The van der Waals surface area contributed by atoms with Gasteiger partial charge < -0.3 is 15.8 Å². The number of hydrogen-bond donors (Lipinski definition) is 2. The maximum absolute atomic E-state index is 13.7. The normalized spacial score (nSPS) is 11.5. The second kappa shape index (κ2) is 9.27. The number of carbonyl (C=O) groups excluding carboxylic acids is 2. The predicted molar refractivity (Wildman–Crippen MR) is 122 cm³/mol. The number of aryl methyl sites for hydroxylation is 2. The zero-order valence-corrected chi connectivity index (χ0v) is 19.3. The SMILES string of the molecule is CCn1cc(-c2cc(C(F)F)nc3sc(C(N)=O)c(NC(=O)c4ccn(COC)n4)c23)c(C)n1. The van der Waals surface area contributed by atoms with Crippen molar-refractivity contribution in [1.82, 2.24) is 24.5 Å². The van der Waals surface area contributed by atoms with Gasteiger partial charge in [-0.25, -0.2) is 18.4 Å². The molecular formula is C21H21F2N7O3S. The molecule has 0 aliphatic heterocycles. The highest BCUT2D eigenvalue weighted by Crippen LogP contribution is 2.43. The lowest BCUT2D eigenvalue weighted by molar-refractivity contribution is 0.100. The van der Waals surface area contributed by atoms with Gasteiger partial charge in [0.05, 0.1) is 11.4 Å². The Kier molecular flexibility index (Phi) is 6.39. The van der Waals surface area contributed by atoms with Crippen LogP contribution in [0.5, 0.6) is 0 Å². The quantitative estimate of drug-likeness (QED) is 0.389. The molecule has 0 unspecified atom stereocenters. The molecule has 0 bridgehead atoms. The molecule has 4 rings (SSSR count). The highest BCUT2D eigenvalue weighted by Gasteiger charge is 2.26. The molecule has 2 amide bonds. The Morgan fingerprint density at radius 1 is 1.26 bits per heavy atom. The molecule has 10 nitrogen and oxygen atoms in total. The fourth-order valence-corrected chi connectivity index (χ4v) is 4.56. The Morgan fingerprint density at radius 3 is 2.65 bits per heavy atom. The van der Waals surface area contributed by atoms with E-state index in [1.54, 1.807) is 24.0 Å². The number of rotatable bonds is 8. The average molecular weight is 490 g/mol. The number of carbonyl (C=O) groups is 2. The fraction of sp³-hybridized carbons (Fsp3) is 0.286. The average Bonchev–Trinajstić information content (AvgIpc) is 3.50. The van der Waals surface area contributed by atoms with Gasteiger partial charge in [0.2, 0.25) is 0 Å². The Labute approximate surface area is 196 Å². The Bertz CT molecular complexity index is 1390. The van der Waals surface area contributed by atoms with Crippen molar-refractivity contribution >= 4 is 39.1 Å². The first kappa shape index (κ1) is 23.4. The number of nitrogens with one attached hydrogen (secondary N) is 1. The number of alkyl halides is 2. The van der Waals surface area contributed by atoms with Gasteiger partial charge >= 0.3 is 0 Å². The summed E-state index contributed by atoms with van der Waals surface area (Å²) >= 11 is 0.835. The lowest BCUT2D eigenvalue weighted by Gasteiger charge is -2.10. The predicted octanol–water partition coefficient (Wildman–Crippen LogP) is 3.58. The van der Waals surface area contributed by atoms with Crippen LogP contribution < -0.4 is 11.1 Å². The van der Waals surface area contributed by atoms with E-state index in [4.69, 9.17) is 10.5 Å². The van der Waals surface area contributed by atoms with Crippen LogP contribution in [-0.4, -0.2) is 43.5 Å². The second-order valence-electron chi connectivity index (χ2n) is 7.34. The molecule has 0 saturated heterocycles. The molecule has 0 saturated carbocycles. The molecule has 0 fully saturated rings. The lowest BCUT2D eigenvalue weighted by atomic mass is 10.0. The minimum Gasteiger partial charge on any atom is -0.365 e. The van der Waals surface area contributed by atoms with Gasteiger partial charge in [0, 0.05) is 37.0 Å². The van der Waals surface area contributed by atoms with Gasteiger partial charge in [0.15, 0.2) is 5.69 Å². The number of nitrogens with zero attached hydrogens (tertiary/aromatic N) is 5. The monoisotopic (exact) mass is 489 g/mol. The number of aromatic nitrogens is 5. The van der Waals surface area contributed by atoms with E-state index in [1.807, 2.05) is 6.92 Å². The molecule has 178 valence electrons. The van der Waals surface area contributed by atoms with E-state index in [0.29, 0.717) is 28.8 Å². The van der Waals surface area contributed by atoms with E-state index in [1.165, 1.54) is 23.9 Å². The molecule has 0 atom stereocenters. The molecule has 13 heteroatoms. The van der Waals surface area contributed by atoms with E-state index in [2.05, 4.69) is 20.5 Å². The van der Waals surface area contributed by atoms with Gasteiger partial charge in [-0.1, -0.05) is 0 Å². The van der Waals surface area contributed by atoms with Crippen LogP contribution in [-0.2, 0) is 18.0 Å². The summed E-state index contributed by atoms with van der Waals surface area (Å²) in [4.78, 5) is 29.4. The number of amides is 2. The number of hydrogen-bond acceptors (Lipinski definition) is 7. The summed E-state index contributed by atoms with van der Waals surface area (Å²) in [6, 6.07) is 2.73. The third-order valence-corrected chi connectivity index (χ3v) is 6.16. The summed E-state index contributed by atoms with van der Waals surface area (Å²) in [5.74, 6) is -1.43. The first-order valence-electron chi connectivity index (χ1n) is 10.2. The van der Waals surface area contributed by atoms with E-state index >= 15 is 0 Å². The molecule has 3 N–H and O–H groups in total. The van der Waals surface area contributed by atoms with Crippen LogP contribution >= 0.6 is 11.3 Å². The minimum atomic E-state index is -2.84. The number of anilines is 1. The molecule has 0 spiro atoms. The minimum absolute atomic E-state index is 0.0135. The zero-order chi connectivity index (χ0) is 24.6. The third-order valence-electron chi connectivity index (χ3n) is 5.06. The molecule has 0 aliphatic rings. The van der Waals surface area contributed by atoms with Crippen molar-refractivity contribution in [2.45, 2.75) is 33.5 Å². The topological polar surface area (TPSA) is 130 Å². The number of nitrogens with two attached hydrogens (primary N) is 1.